The molecule has 0 aromatic heterocycles. The summed E-state index contributed by atoms with van der Waals surface area (Å²) >= 11 is 0. The molecule has 0 bridgehead atoms. The molecular formula is C21H29NO2S. The molecular weight excluding hydrogens is 330 g/mol. The normalized spacial score (nSPS) is 12.0. The van der Waals surface area contributed by atoms with Gasteiger partial charge in [-0.25, -0.2) is 0 Å². The van der Waals surface area contributed by atoms with Gasteiger partial charge in [0, 0.05) is 19.3 Å². The number of benzene rings is 2. The van der Waals surface area contributed by atoms with Crippen molar-refractivity contribution in [1.82, 2.24) is 0 Å². The van der Waals surface area contributed by atoms with Gasteiger partial charge in [-0.3, -0.25) is 4.21 Å². The molecule has 2 rings (SSSR count). The minimum Gasteiger partial charge on any atom is -0.454 e. The largest absolute Gasteiger partial charge is 0.454 e. The van der Waals surface area contributed by atoms with Crippen molar-refractivity contribution in [3.8, 4) is 11.5 Å². The minimum atomic E-state index is -1.10. The summed E-state index contributed by atoms with van der Waals surface area (Å²) in [5, 5.41) is 0. The van der Waals surface area contributed by atoms with Crippen LogP contribution in [0.15, 0.2) is 53.4 Å². The molecule has 0 aliphatic rings. The highest BCUT2D eigenvalue weighted by Crippen LogP contribution is 2.37. The Balaban J connectivity index is 2.43. The van der Waals surface area contributed by atoms with E-state index in [2.05, 4.69) is 24.8 Å². The number of para-hydroxylation sites is 2. The van der Waals surface area contributed by atoms with Crippen LogP contribution in [0.25, 0.3) is 0 Å². The van der Waals surface area contributed by atoms with Gasteiger partial charge >= 0.3 is 0 Å². The number of rotatable bonds is 10. The number of unbranched alkanes of at least 4 members (excludes halogenated alkanes) is 2. The van der Waals surface area contributed by atoms with Crippen molar-refractivity contribution in [2.24, 2.45) is 0 Å². The first kappa shape index (κ1) is 19.5. The maximum absolute atomic E-state index is 12.3. The quantitative estimate of drug-likeness (QED) is 0.551. The van der Waals surface area contributed by atoms with Crippen molar-refractivity contribution in [3.63, 3.8) is 0 Å². The topological polar surface area (TPSA) is 29.5 Å². The Morgan fingerprint density at radius 1 is 0.920 bits per heavy atom. The summed E-state index contributed by atoms with van der Waals surface area (Å²) < 4.78 is 18.5. The maximum Gasteiger partial charge on any atom is 0.166 e. The molecule has 0 radical (unpaired) electrons. The molecule has 4 heteroatoms. The lowest BCUT2D eigenvalue weighted by Crippen LogP contribution is -2.26. The van der Waals surface area contributed by atoms with Gasteiger partial charge in [0.1, 0.15) is 5.75 Å². The molecule has 0 spiro atoms. The fraction of sp³-hybridized carbons (Fsp3) is 0.429. The van der Waals surface area contributed by atoms with Gasteiger partial charge in [-0.15, -0.1) is 0 Å². The Labute approximate surface area is 154 Å². The first-order chi connectivity index (χ1) is 12.2. The van der Waals surface area contributed by atoms with E-state index in [-0.39, 0.29) is 0 Å². The first-order valence-corrected chi connectivity index (χ1v) is 10.7. The van der Waals surface area contributed by atoms with Crippen LogP contribution in [0.4, 0.5) is 5.69 Å². The molecule has 136 valence electrons. The average Bonchev–Trinajstić information content (AvgIpc) is 2.63. The van der Waals surface area contributed by atoms with Gasteiger partial charge in [0.05, 0.1) is 21.4 Å². The van der Waals surface area contributed by atoms with Gasteiger partial charge in [-0.1, -0.05) is 51.0 Å². The molecule has 0 fully saturated rings. The fourth-order valence-electron chi connectivity index (χ4n) is 2.74. The highest BCUT2D eigenvalue weighted by Gasteiger charge is 2.18. The Kier molecular flexibility index (Phi) is 7.99. The number of nitrogens with zero attached hydrogens (tertiary/aromatic N) is 1. The van der Waals surface area contributed by atoms with Crippen LogP contribution in [0.2, 0.25) is 0 Å². The SMILES string of the molecule is CCCCN(CCCC)c1cccc(S(C)=O)c1Oc1ccccc1. The lowest BCUT2D eigenvalue weighted by Gasteiger charge is -2.27. The monoisotopic (exact) mass is 359 g/mol. The number of anilines is 1. The zero-order chi connectivity index (χ0) is 18.1. The molecule has 1 unspecified atom stereocenters. The molecule has 2 aromatic carbocycles. The van der Waals surface area contributed by atoms with E-state index in [0.29, 0.717) is 0 Å². The maximum atomic E-state index is 12.3. The van der Waals surface area contributed by atoms with Crippen LogP contribution in [0.3, 0.4) is 0 Å². The number of ether oxygens (including phenoxy) is 1. The van der Waals surface area contributed by atoms with E-state index in [0.717, 1.165) is 60.9 Å². The molecule has 1 atom stereocenters. The van der Waals surface area contributed by atoms with Crippen LogP contribution in [0.5, 0.6) is 11.5 Å². The Bertz CT molecular complexity index is 665. The second-order valence-corrected chi connectivity index (χ2v) is 7.52. The van der Waals surface area contributed by atoms with Gasteiger partial charge < -0.3 is 9.64 Å². The molecule has 25 heavy (non-hydrogen) atoms. The van der Waals surface area contributed by atoms with E-state index in [9.17, 15) is 4.21 Å². The van der Waals surface area contributed by atoms with E-state index in [1.807, 2.05) is 42.5 Å². The third-order valence-electron chi connectivity index (χ3n) is 4.13. The van der Waals surface area contributed by atoms with Crippen LogP contribution in [-0.4, -0.2) is 23.6 Å². The summed E-state index contributed by atoms with van der Waals surface area (Å²) in [4.78, 5) is 3.13. The molecule has 0 saturated heterocycles. The number of hydrogen-bond acceptors (Lipinski definition) is 3. The Morgan fingerprint density at radius 3 is 2.12 bits per heavy atom. The summed E-state index contributed by atoms with van der Waals surface area (Å²) in [6.07, 6.45) is 6.27. The van der Waals surface area contributed by atoms with Crippen LogP contribution >= 0.6 is 0 Å². The van der Waals surface area contributed by atoms with Crippen molar-refractivity contribution in [2.75, 3.05) is 24.2 Å². The summed E-state index contributed by atoms with van der Waals surface area (Å²) in [5.41, 5.74) is 1.04. The molecule has 0 aliphatic heterocycles. The second kappa shape index (κ2) is 10.2. The Hall–Kier alpha value is -1.81. The van der Waals surface area contributed by atoms with E-state index < -0.39 is 10.8 Å². The summed E-state index contributed by atoms with van der Waals surface area (Å²) in [5.74, 6) is 1.49. The lowest BCUT2D eigenvalue weighted by molar-refractivity contribution is 0.468. The molecule has 0 amide bonds. The second-order valence-electron chi connectivity index (χ2n) is 6.17. The third kappa shape index (κ3) is 5.60. The van der Waals surface area contributed by atoms with Gasteiger partial charge in [-0.2, -0.15) is 0 Å². The van der Waals surface area contributed by atoms with Crippen molar-refractivity contribution in [2.45, 2.75) is 44.4 Å². The molecule has 0 N–H and O–H groups in total. The van der Waals surface area contributed by atoms with Gasteiger partial charge in [0.15, 0.2) is 5.75 Å². The third-order valence-corrected chi connectivity index (χ3v) is 5.08. The van der Waals surface area contributed by atoms with Gasteiger partial charge in [-0.05, 0) is 37.1 Å². The highest BCUT2D eigenvalue weighted by molar-refractivity contribution is 7.84. The lowest BCUT2D eigenvalue weighted by atomic mass is 10.2. The zero-order valence-corrected chi connectivity index (χ0v) is 16.3. The smallest absolute Gasteiger partial charge is 0.166 e. The van der Waals surface area contributed by atoms with E-state index in [1.165, 1.54) is 0 Å². The van der Waals surface area contributed by atoms with Crippen LogP contribution in [-0.2, 0) is 10.8 Å². The van der Waals surface area contributed by atoms with E-state index in [4.69, 9.17) is 4.74 Å². The van der Waals surface area contributed by atoms with Crippen LogP contribution in [0, 0.1) is 0 Å². The predicted octanol–water partition coefficient (Wildman–Crippen LogP) is 5.62. The summed E-state index contributed by atoms with van der Waals surface area (Å²) in [7, 11) is -1.10. The van der Waals surface area contributed by atoms with Crippen molar-refractivity contribution in [1.29, 1.82) is 0 Å². The Morgan fingerprint density at radius 2 is 1.56 bits per heavy atom. The molecule has 0 aliphatic carbocycles. The van der Waals surface area contributed by atoms with Crippen LogP contribution in [0.1, 0.15) is 39.5 Å². The fourth-order valence-corrected chi connectivity index (χ4v) is 3.42. The predicted molar refractivity (Wildman–Crippen MR) is 107 cm³/mol. The minimum absolute atomic E-state index is 0.724. The highest BCUT2D eigenvalue weighted by atomic mass is 32.2. The molecule has 0 saturated carbocycles. The standard InChI is InChI=1S/C21H29NO2S/c1-4-6-16-22(17-7-5-2)19-14-11-15-20(25(3)23)21(19)24-18-12-9-8-10-13-18/h8-15H,4-7,16-17H2,1-3H3. The first-order valence-electron chi connectivity index (χ1n) is 9.11. The van der Waals surface area contributed by atoms with Crippen molar-refractivity contribution < 1.29 is 8.95 Å². The number of hydrogen-bond donors (Lipinski definition) is 0. The van der Waals surface area contributed by atoms with Gasteiger partial charge in [0.25, 0.3) is 0 Å². The van der Waals surface area contributed by atoms with Crippen LogP contribution < -0.4 is 9.64 Å². The van der Waals surface area contributed by atoms with E-state index >= 15 is 0 Å². The molecule has 2 aromatic rings. The van der Waals surface area contributed by atoms with Crippen molar-refractivity contribution >= 4 is 16.5 Å². The molecule has 0 heterocycles. The molecule has 3 nitrogen and oxygen atoms in total. The summed E-state index contributed by atoms with van der Waals surface area (Å²) in [6.45, 7) is 6.39. The van der Waals surface area contributed by atoms with Gasteiger partial charge in [0.2, 0.25) is 0 Å². The van der Waals surface area contributed by atoms with E-state index in [1.54, 1.807) is 6.26 Å². The van der Waals surface area contributed by atoms with Crippen molar-refractivity contribution in [3.05, 3.63) is 48.5 Å². The average molecular weight is 360 g/mol. The zero-order valence-electron chi connectivity index (χ0n) is 15.5. The summed E-state index contributed by atoms with van der Waals surface area (Å²) in [6, 6.07) is 15.7.